The lowest BCUT2D eigenvalue weighted by Gasteiger charge is -2.29. The van der Waals surface area contributed by atoms with Crippen molar-refractivity contribution in [2.24, 2.45) is 0 Å². The van der Waals surface area contributed by atoms with E-state index < -0.39 is 0 Å². The maximum atomic E-state index is 11.9. The second-order valence-corrected chi connectivity index (χ2v) is 10.4. The number of carbonyl (C=O) groups is 1. The fourth-order valence-electron chi connectivity index (χ4n) is 3.69. The van der Waals surface area contributed by atoms with Crippen molar-refractivity contribution in [3.05, 3.63) is 12.2 Å². The van der Waals surface area contributed by atoms with Gasteiger partial charge in [0.25, 0.3) is 0 Å². The van der Waals surface area contributed by atoms with Gasteiger partial charge in [-0.2, -0.15) is 0 Å². The molecule has 0 spiro atoms. The van der Waals surface area contributed by atoms with Gasteiger partial charge in [-0.3, -0.25) is 0 Å². The van der Waals surface area contributed by atoms with Crippen molar-refractivity contribution in [2.45, 2.75) is 162 Å². The fourth-order valence-corrected chi connectivity index (χ4v) is 3.69. The molecule has 0 bridgehead atoms. The third kappa shape index (κ3) is 18.0. The molecule has 1 amide bonds. The average Bonchev–Trinajstić information content (AvgIpc) is 2.79. The van der Waals surface area contributed by atoms with Crippen LogP contribution in [0.2, 0.25) is 0 Å². The SMILES string of the molecule is CCCCCCC(C/C=C\CCCCCCCNC(=O)OC(C)(CC)CC)OC(C)(C)CC. The molecule has 4 heteroatoms. The van der Waals surface area contributed by atoms with Gasteiger partial charge in [0.2, 0.25) is 0 Å². The lowest BCUT2D eigenvalue weighted by Crippen LogP contribution is -2.36. The smallest absolute Gasteiger partial charge is 0.407 e. The van der Waals surface area contributed by atoms with Gasteiger partial charge in [-0.25, -0.2) is 4.79 Å². The molecule has 0 rings (SSSR count). The molecule has 0 saturated carbocycles. The Morgan fingerprint density at radius 1 is 0.818 bits per heavy atom. The Kier molecular flexibility index (Phi) is 18.7. The Balaban J connectivity index is 3.91. The number of nitrogens with one attached hydrogen (secondary N) is 1. The molecule has 196 valence electrons. The van der Waals surface area contributed by atoms with Crippen LogP contribution in [0.1, 0.15) is 145 Å². The molecule has 0 heterocycles. The van der Waals surface area contributed by atoms with Crippen molar-refractivity contribution in [1.29, 1.82) is 0 Å². The van der Waals surface area contributed by atoms with Crippen molar-refractivity contribution in [3.8, 4) is 0 Å². The molecule has 1 unspecified atom stereocenters. The van der Waals surface area contributed by atoms with Crippen LogP contribution < -0.4 is 5.32 Å². The molecule has 0 aliphatic heterocycles. The van der Waals surface area contributed by atoms with Gasteiger partial charge in [0.1, 0.15) is 5.60 Å². The zero-order valence-electron chi connectivity index (χ0n) is 23.3. The number of hydrogen-bond acceptors (Lipinski definition) is 3. The molecule has 33 heavy (non-hydrogen) atoms. The fraction of sp³-hybridized carbons (Fsp3) is 0.897. The van der Waals surface area contributed by atoms with Gasteiger partial charge in [-0.05, 0) is 72.1 Å². The van der Waals surface area contributed by atoms with Gasteiger partial charge in [0.05, 0.1) is 11.7 Å². The normalized spacial score (nSPS) is 13.4. The van der Waals surface area contributed by atoms with E-state index in [0.29, 0.717) is 12.6 Å². The predicted molar refractivity (Wildman–Crippen MR) is 143 cm³/mol. The number of unbranched alkanes of at least 4 members (excludes halogenated alkanes) is 8. The Morgan fingerprint density at radius 3 is 2.09 bits per heavy atom. The highest BCUT2D eigenvalue weighted by Gasteiger charge is 2.24. The Labute approximate surface area is 206 Å². The molecule has 0 saturated heterocycles. The van der Waals surface area contributed by atoms with E-state index in [0.717, 1.165) is 44.9 Å². The summed E-state index contributed by atoms with van der Waals surface area (Å²) in [6, 6.07) is 0. The van der Waals surface area contributed by atoms with E-state index in [1.54, 1.807) is 0 Å². The Hall–Kier alpha value is -1.03. The monoisotopic (exact) mass is 467 g/mol. The summed E-state index contributed by atoms with van der Waals surface area (Å²) in [7, 11) is 0. The Morgan fingerprint density at radius 2 is 1.45 bits per heavy atom. The van der Waals surface area contributed by atoms with Crippen LogP contribution in [0.15, 0.2) is 12.2 Å². The van der Waals surface area contributed by atoms with Crippen molar-refractivity contribution < 1.29 is 14.3 Å². The van der Waals surface area contributed by atoms with Crippen molar-refractivity contribution in [2.75, 3.05) is 6.54 Å². The molecule has 0 fully saturated rings. The molecule has 4 nitrogen and oxygen atoms in total. The number of alkyl carbamates (subject to hydrolysis) is 1. The van der Waals surface area contributed by atoms with E-state index in [1.807, 2.05) is 6.92 Å². The highest BCUT2D eigenvalue weighted by atomic mass is 16.6. The number of allylic oxidation sites excluding steroid dienone is 1. The van der Waals surface area contributed by atoms with Crippen LogP contribution in [0.4, 0.5) is 4.79 Å². The van der Waals surface area contributed by atoms with Gasteiger partial charge in [-0.15, -0.1) is 0 Å². The molecule has 0 aliphatic rings. The highest BCUT2D eigenvalue weighted by molar-refractivity contribution is 5.67. The van der Waals surface area contributed by atoms with Crippen LogP contribution in [-0.4, -0.2) is 29.9 Å². The van der Waals surface area contributed by atoms with Gasteiger partial charge >= 0.3 is 6.09 Å². The summed E-state index contributed by atoms with van der Waals surface area (Å²) in [5.41, 5.74) is -0.370. The van der Waals surface area contributed by atoms with Crippen LogP contribution in [0.5, 0.6) is 0 Å². The van der Waals surface area contributed by atoms with Crippen LogP contribution in [0.3, 0.4) is 0 Å². The molecule has 1 N–H and O–H groups in total. The predicted octanol–water partition coefficient (Wildman–Crippen LogP) is 9.12. The first kappa shape index (κ1) is 32.0. The average molecular weight is 468 g/mol. The summed E-state index contributed by atoms with van der Waals surface area (Å²) in [5, 5.41) is 2.89. The number of rotatable bonds is 21. The largest absolute Gasteiger partial charge is 0.443 e. The first-order valence-electron chi connectivity index (χ1n) is 14.0. The van der Waals surface area contributed by atoms with Gasteiger partial charge in [-0.1, -0.05) is 84.8 Å². The summed E-state index contributed by atoms with van der Waals surface area (Å²) < 4.78 is 12.0. The van der Waals surface area contributed by atoms with Crippen LogP contribution in [0.25, 0.3) is 0 Å². The quantitative estimate of drug-likeness (QED) is 0.135. The topological polar surface area (TPSA) is 47.6 Å². The van der Waals surface area contributed by atoms with E-state index in [-0.39, 0.29) is 17.3 Å². The number of ether oxygens (including phenoxy) is 2. The summed E-state index contributed by atoms with van der Waals surface area (Å²) in [6.45, 7) is 15.7. The molecule has 0 radical (unpaired) electrons. The second-order valence-electron chi connectivity index (χ2n) is 10.4. The Bertz CT molecular complexity index is 497. The maximum Gasteiger partial charge on any atom is 0.407 e. The van der Waals surface area contributed by atoms with Crippen LogP contribution >= 0.6 is 0 Å². The van der Waals surface area contributed by atoms with Crippen molar-refractivity contribution >= 4 is 6.09 Å². The van der Waals surface area contributed by atoms with Gasteiger partial charge in [0, 0.05) is 6.54 Å². The van der Waals surface area contributed by atoms with E-state index in [4.69, 9.17) is 9.47 Å². The molecule has 1 atom stereocenters. The zero-order valence-corrected chi connectivity index (χ0v) is 23.3. The van der Waals surface area contributed by atoms with Crippen LogP contribution in [-0.2, 0) is 9.47 Å². The summed E-state index contributed by atoms with van der Waals surface area (Å²) in [6.07, 6.45) is 21.9. The minimum Gasteiger partial charge on any atom is -0.443 e. The summed E-state index contributed by atoms with van der Waals surface area (Å²) in [5.74, 6) is 0. The first-order chi connectivity index (χ1) is 15.7. The van der Waals surface area contributed by atoms with Gasteiger partial charge in [0.15, 0.2) is 0 Å². The molecular weight excluding hydrogens is 410 g/mol. The lowest BCUT2D eigenvalue weighted by molar-refractivity contribution is -0.0755. The molecular formula is C29H57NO3. The maximum absolute atomic E-state index is 11.9. The number of amides is 1. The first-order valence-corrected chi connectivity index (χ1v) is 14.0. The third-order valence-corrected chi connectivity index (χ3v) is 6.93. The van der Waals surface area contributed by atoms with Crippen molar-refractivity contribution in [3.63, 3.8) is 0 Å². The standard InChI is InChI=1S/C29H57NO3/c1-8-12-13-20-23-26(32-28(5,6)9-2)24-21-18-16-14-15-17-19-22-25-30-27(31)33-29(7,10-3)11-4/h18,21,26H,8-17,19-20,22-25H2,1-7H3,(H,30,31)/b21-18-. The van der Waals surface area contributed by atoms with Crippen LogP contribution in [0, 0.1) is 0 Å². The number of carbonyl (C=O) groups excluding carboxylic acids is 1. The summed E-state index contributed by atoms with van der Waals surface area (Å²) >= 11 is 0. The molecule has 0 aliphatic carbocycles. The van der Waals surface area contributed by atoms with E-state index in [1.165, 1.54) is 51.4 Å². The zero-order chi connectivity index (χ0) is 25.0. The van der Waals surface area contributed by atoms with E-state index in [9.17, 15) is 4.79 Å². The third-order valence-electron chi connectivity index (χ3n) is 6.93. The van der Waals surface area contributed by atoms with E-state index in [2.05, 4.69) is 59.0 Å². The number of hydrogen-bond donors (Lipinski definition) is 1. The minimum atomic E-state index is -0.342. The van der Waals surface area contributed by atoms with E-state index >= 15 is 0 Å². The molecule has 0 aromatic heterocycles. The van der Waals surface area contributed by atoms with Gasteiger partial charge < -0.3 is 14.8 Å². The van der Waals surface area contributed by atoms with Crippen molar-refractivity contribution in [1.82, 2.24) is 5.32 Å². The molecule has 0 aromatic carbocycles. The minimum absolute atomic E-state index is 0.0273. The highest BCUT2D eigenvalue weighted by Crippen LogP contribution is 2.22. The summed E-state index contributed by atoms with van der Waals surface area (Å²) in [4.78, 5) is 11.9. The molecule has 0 aromatic rings. The second kappa shape index (κ2) is 19.3. The lowest BCUT2D eigenvalue weighted by atomic mass is 10.0.